The summed E-state index contributed by atoms with van der Waals surface area (Å²) in [6.07, 6.45) is 7.36. The molecule has 1 aliphatic carbocycles. The number of rotatable bonds is 4. The fourth-order valence-corrected chi connectivity index (χ4v) is 15.5. The molecule has 89 heavy (non-hydrogen) atoms. The predicted octanol–water partition coefficient (Wildman–Crippen LogP) is 16.3. The topological polar surface area (TPSA) is 92.6 Å². The second-order valence-electron chi connectivity index (χ2n) is 29.1. The highest BCUT2D eigenvalue weighted by Crippen LogP contribution is 2.53. The van der Waals surface area contributed by atoms with Crippen LogP contribution in [-0.4, -0.2) is 20.3 Å². The lowest BCUT2D eigenvalue weighted by molar-refractivity contribution is -0.266. The number of fused-ring (bicyclic) bond motifs is 4. The Hall–Kier alpha value is -8.06. The fraction of sp³-hybridized carbons (Fsp3) is 0.333. The van der Waals surface area contributed by atoms with Crippen LogP contribution in [0.15, 0.2) is 169 Å². The quantitative estimate of drug-likeness (QED) is 0.130. The van der Waals surface area contributed by atoms with E-state index in [1.165, 1.54) is 20.3 Å². The summed E-state index contributed by atoms with van der Waals surface area (Å²) in [5, 5.41) is 58.7. The van der Waals surface area contributed by atoms with Gasteiger partial charge in [0.2, 0.25) is 0 Å². The van der Waals surface area contributed by atoms with Crippen LogP contribution in [0.25, 0.3) is 0 Å². The summed E-state index contributed by atoms with van der Waals surface area (Å²) in [4.78, 5) is 0. The summed E-state index contributed by atoms with van der Waals surface area (Å²) < 4.78 is 0. The van der Waals surface area contributed by atoms with Crippen molar-refractivity contribution >= 4 is 0 Å². The zero-order chi connectivity index (χ0) is 63.8. The van der Waals surface area contributed by atoms with Crippen molar-refractivity contribution in [3.05, 3.63) is 270 Å². The second kappa shape index (κ2) is 21.0. The summed E-state index contributed by atoms with van der Waals surface area (Å²) in [5.41, 5.74) is 12.1. The molecular weight excluding hydrogens is 1090 g/mol. The van der Waals surface area contributed by atoms with Crippen molar-refractivity contribution in [2.24, 2.45) is 5.92 Å². The van der Waals surface area contributed by atoms with Gasteiger partial charge in [0.05, 0.1) is 49.7 Å². The molecule has 0 amide bonds. The first kappa shape index (κ1) is 61.2. The second-order valence-corrected chi connectivity index (χ2v) is 29.1. The van der Waals surface area contributed by atoms with Gasteiger partial charge in [-0.05, 0) is 269 Å². The molecule has 446 valence electrons. The van der Waals surface area contributed by atoms with Gasteiger partial charge in [0.25, 0.3) is 0 Å². The van der Waals surface area contributed by atoms with Crippen molar-refractivity contribution in [3.8, 4) is 47.4 Å². The van der Waals surface area contributed by atoms with Gasteiger partial charge in [-0.1, -0.05) is 126 Å². The standard InChI is InChI=1S/C81H78N4O4/c1-73(2)65-45-33-57(49-69(65)77(9,10)82(73)86)21-17-53-25-37-61(38-26-53)81(62-39-27-54(28-40-62)18-22-58-34-46-66-70(50-58)78(11,12)83(87)74(66,3)4,63-41-29-55(30-42-63)19-23-59-35-47-67-71(51-59)79(13,14)84(88)75(67,5)6)64-43-31-56(32-44-64)20-24-60-36-48-68-72(52-60)80(15,16)85(89)76(68,7)8/h25-43,45-52,64H,44H2,1-16H3. The van der Waals surface area contributed by atoms with Gasteiger partial charge in [-0.25, -0.2) is 0 Å². The number of hydrogen-bond acceptors (Lipinski definition) is 4. The summed E-state index contributed by atoms with van der Waals surface area (Å²) in [7, 11) is 0. The van der Waals surface area contributed by atoms with Crippen molar-refractivity contribution in [1.29, 1.82) is 0 Å². The molecular formula is C81H78N4O4. The van der Waals surface area contributed by atoms with Gasteiger partial charge in [0, 0.05) is 44.5 Å². The van der Waals surface area contributed by atoms with E-state index >= 15 is 0 Å². The molecule has 0 N–H and O–H groups in total. The zero-order valence-corrected chi connectivity index (χ0v) is 54.3. The molecule has 8 nitrogen and oxygen atoms in total. The average molecular weight is 1170 g/mol. The molecule has 0 spiro atoms. The Morgan fingerprint density at radius 2 is 0.528 bits per heavy atom. The largest absolute Gasteiger partial charge is 0.135 e. The first-order valence-electron chi connectivity index (χ1n) is 31.0. The molecule has 5 aliphatic rings. The van der Waals surface area contributed by atoms with E-state index in [4.69, 9.17) is 0 Å². The highest BCUT2D eigenvalue weighted by molar-refractivity contribution is 5.61. The van der Waals surface area contributed by atoms with Gasteiger partial charge in [-0.3, -0.25) is 0 Å². The summed E-state index contributed by atoms with van der Waals surface area (Å²) in [6, 6.07) is 50.5. The molecule has 1 unspecified atom stereocenters. The molecule has 0 saturated heterocycles. The van der Waals surface area contributed by atoms with Crippen LogP contribution in [0.1, 0.15) is 217 Å². The summed E-state index contributed by atoms with van der Waals surface area (Å²) in [5.74, 6) is 27.5. The van der Waals surface area contributed by atoms with E-state index in [1.807, 2.05) is 135 Å². The van der Waals surface area contributed by atoms with E-state index in [9.17, 15) is 20.8 Å². The maximum atomic E-state index is 13.5. The number of allylic oxidation sites excluding steroid dienone is 4. The minimum Gasteiger partial charge on any atom is -0.135 e. The fourth-order valence-electron chi connectivity index (χ4n) is 15.5. The first-order valence-corrected chi connectivity index (χ1v) is 31.0. The van der Waals surface area contributed by atoms with E-state index in [1.54, 1.807) is 0 Å². The van der Waals surface area contributed by atoms with Crippen LogP contribution >= 0.6 is 0 Å². The molecule has 12 rings (SSSR count). The number of nitrogens with zero attached hydrogens (tertiary/aromatic N) is 4. The third-order valence-corrected chi connectivity index (χ3v) is 20.5. The van der Waals surface area contributed by atoms with Gasteiger partial charge in [-0.2, -0.15) is 0 Å². The van der Waals surface area contributed by atoms with Crippen LogP contribution < -0.4 is 0 Å². The molecule has 0 aromatic heterocycles. The van der Waals surface area contributed by atoms with E-state index in [0.717, 1.165) is 106 Å². The van der Waals surface area contributed by atoms with Crippen LogP contribution in [0.4, 0.5) is 0 Å². The van der Waals surface area contributed by atoms with Crippen LogP contribution in [0.2, 0.25) is 0 Å². The molecule has 7 aromatic carbocycles. The molecule has 4 radical (unpaired) electrons. The normalized spacial score (nSPS) is 20.9. The monoisotopic (exact) mass is 1170 g/mol. The lowest BCUT2D eigenvalue weighted by atomic mass is 9.60. The van der Waals surface area contributed by atoms with Crippen LogP contribution in [0, 0.1) is 53.3 Å². The van der Waals surface area contributed by atoms with Crippen molar-refractivity contribution in [1.82, 2.24) is 20.3 Å². The summed E-state index contributed by atoms with van der Waals surface area (Å²) in [6.45, 7) is 31.6. The van der Waals surface area contributed by atoms with E-state index < -0.39 is 49.7 Å². The van der Waals surface area contributed by atoms with Gasteiger partial charge in [0.1, 0.15) is 0 Å². The Morgan fingerprint density at radius 3 is 0.775 bits per heavy atom. The molecule has 7 aromatic rings. The number of benzene rings is 7. The maximum Gasteiger partial charge on any atom is 0.0699 e. The Bertz CT molecular complexity index is 4050. The van der Waals surface area contributed by atoms with Gasteiger partial charge in [-0.15, -0.1) is 41.1 Å². The highest BCUT2D eigenvalue weighted by Gasteiger charge is 2.53. The third kappa shape index (κ3) is 9.68. The molecule has 4 heterocycles. The zero-order valence-electron chi connectivity index (χ0n) is 54.3. The minimum atomic E-state index is -0.772. The lowest BCUT2D eigenvalue weighted by Crippen LogP contribution is -2.41. The van der Waals surface area contributed by atoms with Crippen molar-refractivity contribution in [2.75, 3.05) is 0 Å². The summed E-state index contributed by atoms with van der Waals surface area (Å²) >= 11 is 0. The van der Waals surface area contributed by atoms with Gasteiger partial charge >= 0.3 is 0 Å². The Morgan fingerprint density at radius 1 is 0.303 bits per heavy atom. The molecule has 1 atom stereocenters. The smallest absolute Gasteiger partial charge is 0.0699 e. The van der Waals surface area contributed by atoms with Gasteiger partial charge < -0.3 is 0 Å². The van der Waals surface area contributed by atoms with Crippen LogP contribution in [-0.2, 0) is 70.6 Å². The van der Waals surface area contributed by atoms with E-state index in [-0.39, 0.29) is 5.92 Å². The minimum absolute atomic E-state index is 0.108. The first-order chi connectivity index (χ1) is 41.7. The maximum absolute atomic E-state index is 13.5. The van der Waals surface area contributed by atoms with Crippen LogP contribution in [0.3, 0.4) is 0 Å². The van der Waals surface area contributed by atoms with Crippen molar-refractivity contribution in [3.63, 3.8) is 0 Å². The lowest BCUT2D eigenvalue weighted by Gasteiger charge is -2.42. The molecule has 0 bridgehead atoms. The van der Waals surface area contributed by atoms with Crippen molar-refractivity contribution in [2.45, 2.75) is 167 Å². The number of hydroxylamine groups is 8. The third-order valence-electron chi connectivity index (χ3n) is 20.5. The number of hydrogen-bond donors (Lipinski definition) is 0. The van der Waals surface area contributed by atoms with Crippen LogP contribution in [0.5, 0.6) is 0 Å². The molecule has 0 saturated carbocycles. The average Bonchev–Trinajstić information content (AvgIpc) is 1.80. The van der Waals surface area contributed by atoms with Crippen molar-refractivity contribution < 1.29 is 20.8 Å². The predicted molar refractivity (Wildman–Crippen MR) is 349 cm³/mol. The Labute approximate surface area is 528 Å². The van der Waals surface area contributed by atoms with Gasteiger partial charge in [0.15, 0.2) is 0 Å². The molecule has 4 aliphatic heterocycles. The van der Waals surface area contributed by atoms with E-state index in [2.05, 4.69) is 187 Å². The van der Waals surface area contributed by atoms with E-state index in [0.29, 0.717) is 6.42 Å². The Balaban J connectivity index is 0.954. The molecule has 0 fully saturated rings. The SMILES string of the molecule is CC1(C)c2ccc(C#CC3=CCC(C(c4ccc(C#Cc5ccc6c(c5)C(C)(C)N([O])C6(C)C)cc4)(c4ccc(C#Cc5ccc6c(c5)C(C)(C)N([O])C6(C)C)cc4)c4ccc(C#Cc5ccc6c(c5)C(C)(C)N([O])C6(C)C)cc4)C=C3)cc2C(C)(C)N1[O]. The molecule has 8 heteroatoms. The Kier molecular flexibility index (Phi) is 14.5. The highest BCUT2D eigenvalue weighted by atomic mass is 16.5.